The van der Waals surface area contributed by atoms with Crippen LogP contribution in [-0.4, -0.2) is 79.8 Å². The third kappa shape index (κ3) is 7.61. The number of ether oxygens (including phenoxy) is 2. The summed E-state index contributed by atoms with van der Waals surface area (Å²) in [5.74, 6) is 3.81. The molecule has 0 radical (unpaired) electrons. The molecule has 2 fully saturated rings. The van der Waals surface area contributed by atoms with Gasteiger partial charge in [0.1, 0.15) is 12.4 Å². The molecule has 2 N–H and O–H groups in total. The van der Waals surface area contributed by atoms with Crippen molar-refractivity contribution < 1.29 is 9.47 Å². The number of nitrogens with two attached hydrogens (primary N) is 1. The summed E-state index contributed by atoms with van der Waals surface area (Å²) >= 11 is 1.97. The molecule has 2 saturated heterocycles. The summed E-state index contributed by atoms with van der Waals surface area (Å²) in [6.07, 6.45) is 2.22. The average Bonchev–Trinajstić information content (AvgIpc) is 2.73. The number of likely N-dealkylation sites (N-methyl/N-ethyl adjacent to an activating group) is 1. The Morgan fingerprint density at radius 3 is 2.82 bits per heavy atom. The molecular formula is C20H33IN4O2S. The van der Waals surface area contributed by atoms with Gasteiger partial charge in [-0.1, -0.05) is 12.1 Å². The van der Waals surface area contributed by atoms with Crippen LogP contribution in [0.25, 0.3) is 0 Å². The predicted octanol–water partition coefficient (Wildman–Crippen LogP) is 2.66. The van der Waals surface area contributed by atoms with Crippen molar-refractivity contribution >= 4 is 41.7 Å². The lowest BCUT2D eigenvalue weighted by molar-refractivity contribution is 0.0392. The van der Waals surface area contributed by atoms with Crippen molar-refractivity contribution in [3.8, 4) is 5.75 Å². The molecular weight excluding hydrogens is 487 g/mol. The van der Waals surface area contributed by atoms with Crippen LogP contribution in [0.4, 0.5) is 0 Å². The highest BCUT2D eigenvalue weighted by atomic mass is 127. The molecule has 2 aliphatic rings. The molecule has 158 valence electrons. The molecule has 0 amide bonds. The minimum absolute atomic E-state index is 0. The number of hydrogen-bond acceptors (Lipinski definition) is 5. The average molecular weight is 520 g/mol. The second kappa shape index (κ2) is 12.8. The van der Waals surface area contributed by atoms with E-state index in [1.54, 1.807) is 0 Å². The first-order valence-electron chi connectivity index (χ1n) is 9.85. The van der Waals surface area contributed by atoms with Gasteiger partial charge in [0.05, 0.1) is 6.54 Å². The zero-order chi connectivity index (χ0) is 18.9. The van der Waals surface area contributed by atoms with Gasteiger partial charge in [0.2, 0.25) is 0 Å². The van der Waals surface area contributed by atoms with Gasteiger partial charge in [0.15, 0.2) is 5.96 Å². The van der Waals surface area contributed by atoms with Crippen LogP contribution in [0.5, 0.6) is 5.75 Å². The van der Waals surface area contributed by atoms with Crippen LogP contribution in [-0.2, 0) is 11.3 Å². The minimum atomic E-state index is 0. The lowest BCUT2D eigenvalue weighted by Crippen LogP contribution is -2.42. The molecule has 0 bridgehead atoms. The first kappa shape index (κ1) is 23.6. The zero-order valence-corrected chi connectivity index (χ0v) is 19.9. The van der Waals surface area contributed by atoms with E-state index in [1.807, 2.05) is 23.9 Å². The van der Waals surface area contributed by atoms with Crippen molar-refractivity contribution in [2.24, 2.45) is 10.7 Å². The lowest BCUT2D eigenvalue weighted by Gasteiger charge is -2.31. The SMILES string of the molecule is CN(CCOc1cccc(CN=C(N)N2CCSCC2)c1)C1CCOCC1.I. The summed E-state index contributed by atoms with van der Waals surface area (Å²) in [4.78, 5) is 9.12. The van der Waals surface area contributed by atoms with Crippen molar-refractivity contribution in [1.29, 1.82) is 0 Å². The Morgan fingerprint density at radius 2 is 2.07 bits per heavy atom. The van der Waals surface area contributed by atoms with Crippen LogP contribution in [0.15, 0.2) is 29.3 Å². The summed E-state index contributed by atoms with van der Waals surface area (Å²) < 4.78 is 11.4. The van der Waals surface area contributed by atoms with E-state index in [4.69, 9.17) is 15.2 Å². The summed E-state index contributed by atoms with van der Waals surface area (Å²) in [5.41, 5.74) is 7.26. The Kier molecular flexibility index (Phi) is 10.7. The predicted molar refractivity (Wildman–Crippen MR) is 128 cm³/mol. The Morgan fingerprint density at radius 1 is 1.32 bits per heavy atom. The van der Waals surface area contributed by atoms with Gasteiger partial charge in [-0.3, -0.25) is 4.90 Å². The Labute approximate surface area is 190 Å². The maximum absolute atomic E-state index is 6.14. The van der Waals surface area contributed by atoms with Crippen molar-refractivity contribution in [2.75, 3.05) is 58.0 Å². The topological polar surface area (TPSA) is 63.3 Å². The molecule has 8 heteroatoms. The van der Waals surface area contributed by atoms with Crippen molar-refractivity contribution in [2.45, 2.75) is 25.4 Å². The van der Waals surface area contributed by atoms with Gasteiger partial charge in [-0.05, 0) is 37.6 Å². The highest BCUT2D eigenvalue weighted by Crippen LogP contribution is 2.16. The van der Waals surface area contributed by atoms with Gasteiger partial charge in [0, 0.05) is 50.4 Å². The normalized spacial score (nSPS) is 18.8. The number of hydrogen-bond donors (Lipinski definition) is 1. The Balaban J connectivity index is 0.00000280. The molecule has 0 atom stereocenters. The van der Waals surface area contributed by atoms with E-state index in [2.05, 4.69) is 34.0 Å². The second-order valence-corrected chi connectivity index (χ2v) is 8.32. The van der Waals surface area contributed by atoms with Gasteiger partial charge >= 0.3 is 0 Å². The van der Waals surface area contributed by atoms with Gasteiger partial charge in [-0.2, -0.15) is 11.8 Å². The molecule has 2 heterocycles. The van der Waals surface area contributed by atoms with E-state index in [0.717, 1.165) is 68.5 Å². The molecule has 0 saturated carbocycles. The standard InChI is InChI=1S/C20H32N4O2S.HI/c1-23(18-5-10-25-11-6-18)7-12-26-19-4-2-3-17(15-19)16-22-20(21)24-8-13-27-14-9-24;/h2-4,15,18H,5-14,16H2,1H3,(H2,21,22);1H. The summed E-state index contributed by atoms with van der Waals surface area (Å²) in [7, 11) is 2.17. The Hall–Kier alpha value is -0.710. The quantitative estimate of drug-likeness (QED) is 0.339. The smallest absolute Gasteiger partial charge is 0.191 e. The van der Waals surface area contributed by atoms with Crippen molar-refractivity contribution in [1.82, 2.24) is 9.80 Å². The van der Waals surface area contributed by atoms with E-state index >= 15 is 0 Å². The summed E-state index contributed by atoms with van der Waals surface area (Å²) in [6.45, 7) is 5.93. The highest BCUT2D eigenvalue weighted by Gasteiger charge is 2.18. The second-order valence-electron chi connectivity index (χ2n) is 7.09. The van der Waals surface area contributed by atoms with Gasteiger partial charge < -0.3 is 20.1 Å². The molecule has 1 aromatic carbocycles. The third-order valence-electron chi connectivity index (χ3n) is 5.18. The van der Waals surface area contributed by atoms with Gasteiger partial charge in [0.25, 0.3) is 0 Å². The van der Waals surface area contributed by atoms with Gasteiger partial charge in [-0.15, -0.1) is 24.0 Å². The first-order chi connectivity index (χ1) is 13.2. The largest absolute Gasteiger partial charge is 0.492 e. The minimum Gasteiger partial charge on any atom is -0.492 e. The zero-order valence-electron chi connectivity index (χ0n) is 16.7. The summed E-state index contributed by atoms with van der Waals surface area (Å²) in [5, 5.41) is 0. The number of benzene rings is 1. The van der Waals surface area contributed by atoms with Crippen LogP contribution in [0.1, 0.15) is 18.4 Å². The third-order valence-corrected chi connectivity index (χ3v) is 6.13. The van der Waals surface area contributed by atoms with Crippen LogP contribution in [0, 0.1) is 0 Å². The number of thioether (sulfide) groups is 1. The molecule has 0 aliphatic carbocycles. The maximum Gasteiger partial charge on any atom is 0.191 e. The molecule has 0 spiro atoms. The van der Waals surface area contributed by atoms with Crippen molar-refractivity contribution in [3.05, 3.63) is 29.8 Å². The highest BCUT2D eigenvalue weighted by molar-refractivity contribution is 14.0. The van der Waals surface area contributed by atoms with E-state index in [1.165, 1.54) is 0 Å². The van der Waals surface area contributed by atoms with E-state index < -0.39 is 0 Å². The summed E-state index contributed by atoms with van der Waals surface area (Å²) in [6, 6.07) is 8.78. The first-order valence-corrected chi connectivity index (χ1v) is 11.0. The van der Waals surface area contributed by atoms with E-state index in [-0.39, 0.29) is 24.0 Å². The van der Waals surface area contributed by atoms with Gasteiger partial charge in [-0.25, -0.2) is 4.99 Å². The lowest BCUT2D eigenvalue weighted by atomic mass is 10.1. The number of nitrogens with zero attached hydrogens (tertiary/aromatic N) is 3. The molecule has 0 unspecified atom stereocenters. The number of guanidine groups is 1. The number of aliphatic imine (C=N–C) groups is 1. The van der Waals surface area contributed by atoms with Crippen molar-refractivity contribution in [3.63, 3.8) is 0 Å². The van der Waals surface area contributed by atoms with Crippen LogP contribution >= 0.6 is 35.7 Å². The van der Waals surface area contributed by atoms with Crippen LogP contribution < -0.4 is 10.5 Å². The molecule has 28 heavy (non-hydrogen) atoms. The maximum atomic E-state index is 6.14. The number of halogens is 1. The van der Waals surface area contributed by atoms with E-state index in [9.17, 15) is 0 Å². The number of rotatable bonds is 7. The molecule has 2 aliphatic heterocycles. The molecule has 3 rings (SSSR count). The van der Waals surface area contributed by atoms with Crippen LogP contribution in [0.2, 0.25) is 0 Å². The molecule has 0 aromatic heterocycles. The molecule has 1 aromatic rings. The fourth-order valence-corrected chi connectivity index (χ4v) is 4.32. The monoisotopic (exact) mass is 520 g/mol. The fourth-order valence-electron chi connectivity index (χ4n) is 3.41. The molecule has 6 nitrogen and oxygen atoms in total. The fraction of sp³-hybridized carbons (Fsp3) is 0.650. The van der Waals surface area contributed by atoms with E-state index in [0.29, 0.717) is 25.2 Å². The Bertz CT molecular complexity index is 608. The van der Waals surface area contributed by atoms with Crippen LogP contribution in [0.3, 0.4) is 0 Å².